The first-order valence-electron chi connectivity index (χ1n) is 8.95. The minimum Gasteiger partial charge on any atom is -0.327 e. The minimum atomic E-state index is -0.0721. The number of likely N-dealkylation sites (tertiary alicyclic amines) is 1. The Morgan fingerprint density at radius 3 is 2.88 bits per heavy atom. The van der Waals surface area contributed by atoms with Crippen LogP contribution in [0.4, 0.5) is 10.5 Å². The maximum atomic E-state index is 12.3. The van der Waals surface area contributed by atoms with Crippen LogP contribution in [-0.4, -0.2) is 52.3 Å². The van der Waals surface area contributed by atoms with Gasteiger partial charge in [0.25, 0.3) is 0 Å². The summed E-state index contributed by atoms with van der Waals surface area (Å²) in [6, 6.07) is 10.5. The van der Waals surface area contributed by atoms with Crippen molar-refractivity contribution in [1.29, 1.82) is 0 Å². The number of urea groups is 1. The van der Waals surface area contributed by atoms with Crippen LogP contribution < -0.4 is 5.32 Å². The Bertz CT molecular complexity index is 684. The summed E-state index contributed by atoms with van der Waals surface area (Å²) in [4.78, 5) is 16.6. The molecule has 2 amide bonds. The van der Waals surface area contributed by atoms with Gasteiger partial charge < -0.3 is 10.2 Å². The molecule has 25 heavy (non-hydrogen) atoms. The second kappa shape index (κ2) is 8.16. The van der Waals surface area contributed by atoms with Gasteiger partial charge in [0, 0.05) is 39.4 Å². The summed E-state index contributed by atoms with van der Waals surface area (Å²) in [6.45, 7) is 6.72. The number of nitrogens with one attached hydrogen (secondary N) is 1. The molecule has 0 spiro atoms. The summed E-state index contributed by atoms with van der Waals surface area (Å²) in [7, 11) is 1.86. The molecule has 1 aromatic heterocycles. The van der Waals surface area contributed by atoms with Gasteiger partial charge in [-0.15, -0.1) is 0 Å². The largest absolute Gasteiger partial charge is 0.327 e. The van der Waals surface area contributed by atoms with E-state index in [9.17, 15) is 4.79 Å². The number of rotatable bonds is 6. The van der Waals surface area contributed by atoms with Gasteiger partial charge in [-0.05, 0) is 31.4 Å². The molecule has 1 N–H and O–H groups in total. The van der Waals surface area contributed by atoms with Gasteiger partial charge in [-0.25, -0.2) is 4.79 Å². The monoisotopic (exact) mass is 341 g/mol. The Labute approximate surface area is 149 Å². The van der Waals surface area contributed by atoms with Gasteiger partial charge in [-0.2, -0.15) is 5.10 Å². The van der Waals surface area contributed by atoms with E-state index in [1.807, 2.05) is 26.2 Å². The van der Waals surface area contributed by atoms with Gasteiger partial charge in [0.2, 0.25) is 0 Å². The van der Waals surface area contributed by atoms with Crippen molar-refractivity contribution in [3.05, 3.63) is 48.3 Å². The standard InChI is InChI=1S/C19H27N5O/c1-3-24-15-18(11-20-24)21-19(25)22(2)12-17-9-10-23(14-17)13-16-7-5-4-6-8-16/h4-8,11,15,17H,3,9-10,12-14H2,1-2H3,(H,21,25)/t17-/m1/s1. The van der Waals surface area contributed by atoms with E-state index in [-0.39, 0.29) is 6.03 Å². The lowest BCUT2D eigenvalue weighted by Gasteiger charge is -2.22. The van der Waals surface area contributed by atoms with E-state index in [1.165, 1.54) is 5.56 Å². The molecule has 6 nitrogen and oxygen atoms in total. The summed E-state index contributed by atoms with van der Waals surface area (Å²) < 4.78 is 1.80. The van der Waals surface area contributed by atoms with Crippen LogP contribution in [0.3, 0.4) is 0 Å². The Kier molecular flexibility index (Phi) is 5.71. The van der Waals surface area contributed by atoms with E-state index in [0.29, 0.717) is 5.92 Å². The molecule has 1 aromatic carbocycles. The van der Waals surface area contributed by atoms with Gasteiger partial charge in [0.15, 0.2) is 0 Å². The normalized spacial score (nSPS) is 17.6. The molecule has 3 rings (SSSR count). The van der Waals surface area contributed by atoms with Crippen molar-refractivity contribution in [1.82, 2.24) is 19.6 Å². The summed E-state index contributed by atoms with van der Waals surface area (Å²) in [5.41, 5.74) is 2.10. The lowest BCUT2D eigenvalue weighted by molar-refractivity contribution is 0.212. The van der Waals surface area contributed by atoms with Gasteiger partial charge >= 0.3 is 6.03 Å². The van der Waals surface area contributed by atoms with Crippen LogP contribution in [-0.2, 0) is 13.1 Å². The van der Waals surface area contributed by atoms with Crippen LogP contribution in [0.25, 0.3) is 0 Å². The molecule has 0 radical (unpaired) electrons. The van der Waals surface area contributed by atoms with Crippen LogP contribution in [0.1, 0.15) is 18.9 Å². The Morgan fingerprint density at radius 2 is 2.16 bits per heavy atom. The molecule has 1 aliphatic heterocycles. The maximum Gasteiger partial charge on any atom is 0.321 e. The zero-order chi connectivity index (χ0) is 17.6. The summed E-state index contributed by atoms with van der Waals surface area (Å²) >= 11 is 0. The number of hydrogen-bond acceptors (Lipinski definition) is 3. The lowest BCUT2D eigenvalue weighted by Crippen LogP contribution is -2.36. The Morgan fingerprint density at radius 1 is 1.36 bits per heavy atom. The van der Waals surface area contributed by atoms with Crippen molar-refractivity contribution < 1.29 is 4.79 Å². The number of carbonyl (C=O) groups is 1. The maximum absolute atomic E-state index is 12.3. The molecule has 1 saturated heterocycles. The number of anilines is 1. The highest BCUT2D eigenvalue weighted by molar-refractivity contribution is 5.88. The van der Waals surface area contributed by atoms with Crippen molar-refractivity contribution in [2.24, 2.45) is 5.92 Å². The number of amides is 2. The van der Waals surface area contributed by atoms with Crippen LogP contribution in [0.2, 0.25) is 0 Å². The third-order valence-corrected chi connectivity index (χ3v) is 4.71. The highest BCUT2D eigenvalue weighted by Gasteiger charge is 2.25. The van der Waals surface area contributed by atoms with Gasteiger partial charge in [0.05, 0.1) is 11.9 Å². The highest BCUT2D eigenvalue weighted by atomic mass is 16.2. The SMILES string of the molecule is CCn1cc(NC(=O)N(C)C[C@H]2CCN(Cc3ccccc3)C2)cn1. The molecule has 1 fully saturated rings. The predicted molar refractivity (Wildman–Crippen MR) is 99.4 cm³/mol. The summed E-state index contributed by atoms with van der Waals surface area (Å²) in [6.07, 6.45) is 4.67. The van der Waals surface area contributed by atoms with Gasteiger partial charge in [0.1, 0.15) is 0 Å². The molecule has 134 valence electrons. The average Bonchev–Trinajstić information content (AvgIpc) is 3.25. The van der Waals surface area contributed by atoms with Crippen molar-refractivity contribution in [2.45, 2.75) is 26.4 Å². The van der Waals surface area contributed by atoms with Crippen molar-refractivity contribution >= 4 is 11.7 Å². The molecule has 6 heteroatoms. The molecular formula is C19H27N5O. The predicted octanol–water partition coefficient (Wildman–Crippen LogP) is 2.89. The fourth-order valence-corrected chi connectivity index (χ4v) is 3.34. The third-order valence-electron chi connectivity index (χ3n) is 4.71. The molecule has 0 unspecified atom stereocenters. The number of aryl methyl sites for hydroxylation is 1. The van der Waals surface area contributed by atoms with E-state index in [4.69, 9.17) is 0 Å². The van der Waals surface area contributed by atoms with Crippen molar-refractivity contribution in [3.8, 4) is 0 Å². The smallest absolute Gasteiger partial charge is 0.321 e. The molecule has 1 atom stereocenters. The zero-order valence-corrected chi connectivity index (χ0v) is 15.1. The second-order valence-electron chi connectivity index (χ2n) is 6.77. The fraction of sp³-hybridized carbons (Fsp3) is 0.474. The molecule has 0 aliphatic carbocycles. The van der Waals surface area contributed by atoms with E-state index < -0.39 is 0 Å². The zero-order valence-electron chi connectivity index (χ0n) is 15.1. The second-order valence-corrected chi connectivity index (χ2v) is 6.77. The third kappa shape index (κ3) is 4.82. The van der Waals surface area contributed by atoms with Crippen LogP contribution in [0.5, 0.6) is 0 Å². The van der Waals surface area contributed by atoms with Crippen LogP contribution >= 0.6 is 0 Å². The quantitative estimate of drug-likeness (QED) is 0.879. The van der Waals surface area contributed by atoms with E-state index >= 15 is 0 Å². The highest BCUT2D eigenvalue weighted by Crippen LogP contribution is 2.19. The van der Waals surface area contributed by atoms with Gasteiger partial charge in [-0.3, -0.25) is 9.58 Å². The van der Waals surface area contributed by atoms with E-state index in [0.717, 1.165) is 44.8 Å². The number of nitrogens with zero attached hydrogens (tertiary/aromatic N) is 4. The average molecular weight is 341 g/mol. The molecule has 2 heterocycles. The van der Waals surface area contributed by atoms with E-state index in [2.05, 4.69) is 39.6 Å². The molecule has 2 aromatic rings. The number of hydrogen-bond donors (Lipinski definition) is 1. The Balaban J connectivity index is 1.45. The number of benzene rings is 1. The first-order valence-corrected chi connectivity index (χ1v) is 8.95. The fourth-order valence-electron chi connectivity index (χ4n) is 3.34. The van der Waals surface area contributed by atoms with Gasteiger partial charge in [-0.1, -0.05) is 30.3 Å². The Hall–Kier alpha value is -2.34. The number of aromatic nitrogens is 2. The van der Waals surface area contributed by atoms with Crippen LogP contribution in [0, 0.1) is 5.92 Å². The summed E-state index contributed by atoms with van der Waals surface area (Å²) in [5, 5.41) is 7.09. The van der Waals surface area contributed by atoms with E-state index in [1.54, 1.807) is 15.8 Å². The first kappa shape index (κ1) is 17.5. The van der Waals surface area contributed by atoms with Crippen molar-refractivity contribution in [2.75, 3.05) is 32.0 Å². The lowest BCUT2D eigenvalue weighted by atomic mass is 10.1. The summed E-state index contributed by atoms with van der Waals surface area (Å²) in [5.74, 6) is 0.526. The minimum absolute atomic E-state index is 0.0721. The first-order chi connectivity index (χ1) is 12.1. The molecule has 0 bridgehead atoms. The topological polar surface area (TPSA) is 53.4 Å². The van der Waals surface area contributed by atoms with Crippen molar-refractivity contribution in [3.63, 3.8) is 0 Å². The molecule has 1 aliphatic rings. The van der Waals surface area contributed by atoms with Crippen LogP contribution in [0.15, 0.2) is 42.7 Å². The number of carbonyl (C=O) groups excluding carboxylic acids is 1. The molecular weight excluding hydrogens is 314 g/mol. The molecule has 0 saturated carbocycles.